The Hall–Kier alpha value is -1.88. The lowest BCUT2D eigenvalue weighted by atomic mass is 9.84. The summed E-state index contributed by atoms with van der Waals surface area (Å²) in [6, 6.07) is 6.45. The van der Waals surface area contributed by atoms with Gasteiger partial charge in [0.1, 0.15) is 0 Å². The third kappa shape index (κ3) is 4.04. The normalized spacial score (nSPS) is 17.2. The van der Waals surface area contributed by atoms with E-state index in [1.165, 1.54) is 25.3 Å². The second-order valence-corrected chi connectivity index (χ2v) is 5.66. The number of hydrogen-bond donors (Lipinski definition) is 3. The standard InChI is InChI=1S/C16H23N3O2/c17-10-14(11-5-2-1-3-6-11)19-16(21)13-8-4-7-12(9-13)15(18)20/h4,7-9,11,14H,1-3,5-6,10,17H2,(H2,18,20)(H,19,21). The molecule has 21 heavy (non-hydrogen) atoms. The van der Waals surface area contributed by atoms with Gasteiger partial charge in [0.2, 0.25) is 5.91 Å². The van der Waals surface area contributed by atoms with Crippen LogP contribution in [0.3, 0.4) is 0 Å². The van der Waals surface area contributed by atoms with Gasteiger partial charge in [-0.1, -0.05) is 25.3 Å². The van der Waals surface area contributed by atoms with Crippen molar-refractivity contribution in [2.45, 2.75) is 38.1 Å². The molecule has 1 saturated carbocycles. The lowest BCUT2D eigenvalue weighted by Crippen LogP contribution is -2.45. The van der Waals surface area contributed by atoms with Crippen LogP contribution < -0.4 is 16.8 Å². The molecule has 0 radical (unpaired) electrons. The number of nitrogens with two attached hydrogens (primary N) is 2. The highest BCUT2D eigenvalue weighted by atomic mass is 16.2. The highest BCUT2D eigenvalue weighted by Crippen LogP contribution is 2.26. The van der Waals surface area contributed by atoms with E-state index in [-0.39, 0.29) is 11.9 Å². The molecule has 5 heteroatoms. The predicted octanol–water partition coefficient (Wildman–Crippen LogP) is 1.42. The summed E-state index contributed by atoms with van der Waals surface area (Å²) in [7, 11) is 0. The van der Waals surface area contributed by atoms with Gasteiger partial charge in [0.05, 0.1) is 0 Å². The van der Waals surface area contributed by atoms with Crippen LogP contribution in [0, 0.1) is 5.92 Å². The van der Waals surface area contributed by atoms with E-state index in [1.807, 2.05) is 0 Å². The minimum absolute atomic E-state index is 0.00460. The molecule has 0 aliphatic heterocycles. The van der Waals surface area contributed by atoms with Crippen LogP contribution in [0.15, 0.2) is 24.3 Å². The topological polar surface area (TPSA) is 98.2 Å². The number of benzene rings is 1. The van der Waals surface area contributed by atoms with Gasteiger partial charge in [-0.05, 0) is 37.0 Å². The molecule has 1 aromatic rings. The fraction of sp³-hybridized carbons (Fsp3) is 0.500. The zero-order chi connectivity index (χ0) is 15.2. The molecule has 0 spiro atoms. The molecule has 0 heterocycles. The van der Waals surface area contributed by atoms with Crippen LogP contribution in [0.25, 0.3) is 0 Å². The predicted molar refractivity (Wildman–Crippen MR) is 81.8 cm³/mol. The first-order valence-electron chi connectivity index (χ1n) is 7.52. The highest BCUT2D eigenvalue weighted by molar-refractivity contribution is 5.99. The van der Waals surface area contributed by atoms with Gasteiger partial charge < -0.3 is 16.8 Å². The Bertz CT molecular complexity index is 510. The van der Waals surface area contributed by atoms with Crippen molar-refractivity contribution in [1.82, 2.24) is 5.32 Å². The van der Waals surface area contributed by atoms with Crippen molar-refractivity contribution in [3.05, 3.63) is 35.4 Å². The first-order valence-corrected chi connectivity index (χ1v) is 7.52. The van der Waals surface area contributed by atoms with Crippen molar-refractivity contribution in [2.24, 2.45) is 17.4 Å². The Morgan fingerprint density at radius 3 is 2.48 bits per heavy atom. The molecule has 1 fully saturated rings. The van der Waals surface area contributed by atoms with Crippen molar-refractivity contribution in [3.63, 3.8) is 0 Å². The molecule has 2 amide bonds. The van der Waals surface area contributed by atoms with Crippen molar-refractivity contribution in [3.8, 4) is 0 Å². The summed E-state index contributed by atoms with van der Waals surface area (Å²) in [5.41, 5.74) is 11.8. The molecule has 0 bridgehead atoms. The number of nitrogens with one attached hydrogen (secondary N) is 1. The molecule has 1 aliphatic rings. The quantitative estimate of drug-likeness (QED) is 0.764. The number of primary amides is 1. The maximum atomic E-state index is 12.3. The molecular formula is C16H23N3O2. The van der Waals surface area contributed by atoms with Crippen LogP contribution in [0.4, 0.5) is 0 Å². The Labute approximate surface area is 125 Å². The largest absolute Gasteiger partial charge is 0.366 e. The summed E-state index contributed by atoms with van der Waals surface area (Å²) in [5.74, 6) is -0.279. The average Bonchev–Trinajstić information content (AvgIpc) is 2.53. The van der Waals surface area contributed by atoms with E-state index < -0.39 is 5.91 Å². The number of rotatable bonds is 5. The van der Waals surface area contributed by atoms with E-state index in [2.05, 4.69) is 5.32 Å². The Morgan fingerprint density at radius 2 is 1.86 bits per heavy atom. The molecule has 0 saturated heterocycles. The van der Waals surface area contributed by atoms with Gasteiger partial charge in [0.25, 0.3) is 5.91 Å². The minimum Gasteiger partial charge on any atom is -0.366 e. The van der Waals surface area contributed by atoms with E-state index in [0.717, 1.165) is 12.8 Å². The highest BCUT2D eigenvalue weighted by Gasteiger charge is 2.24. The number of amides is 2. The van der Waals surface area contributed by atoms with E-state index in [4.69, 9.17) is 11.5 Å². The Balaban J connectivity index is 2.04. The maximum Gasteiger partial charge on any atom is 0.251 e. The van der Waals surface area contributed by atoms with Crippen LogP contribution in [0.5, 0.6) is 0 Å². The van der Waals surface area contributed by atoms with Gasteiger partial charge in [0, 0.05) is 23.7 Å². The molecule has 2 rings (SSSR count). The third-order valence-corrected chi connectivity index (χ3v) is 4.20. The van der Waals surface area contributed by atoms with Crippen LogP contribution >= 0.6 is 0 Å². The first-order chi connectivity index (χ1) is 10.1. The zero-order valence-electron chi connectivity index (χ0n) is 12.2. The second-order valence-electron chi connectivity index (χ2n) is 5.66. The van der Waals surface area contributed by atoms with Gasteiger partial charge in [-0.3, -0.25) is 9.59 Å². The van der Waals surface area contributed by atoms with Crippen LogP contribution in [0.2, 0.25) is 0 Å². The van der Waals surface area contributed by atoms with Gasteiger partial charge in [0.15, 0.2) is 0 Å². The molecule has 1 aromatic carbocycles. The molecule has 5 N–H and O–H groups in total. The average molecular weight is 289 g/mol. The van der Waals surface area contributed by atoms with Crippen LogP contribution in [-0.2, 0) is 0 Å². The van der Waals surface area contributed by atoms with Crippen molar-refractivity contribution >= 4 is 11.8 Å². The Kier molecular flexibility index (Phi) is 5.33. The fourth-order valence-electron chi connectivity index (χ4n) is 2.97. The number of carbonyl (C=O) groups excluding carboxylic acids is 2. The van der Waals surface area contributed by atoms with E-state index in [1.54, 1.807) is 18.2 Å². The molecule has 1 atom stereocenters. The summed E-state index contributed by atoms with van der Waals surface area (Å²) >= 11 is 0. The molecule has 1 aliphatic carbocycles. The number of carbonyl (C=O) groups is 2. The van der Waals surface area contributed by atoms with E-state index >= 15 is 0 Å². The summed E-state index contributed by atoms with van der Waals surface area (Å²) in [5, 5.41) is 3.00. The molecule has 1 unspecified atom stereocenters. The summed E-state index contributed by atoms with van der Waals surface area (Å²) in [6.45, 7) is 0.436. The lowest BCUT2D eigenvalue weighted by Gasteiger charge is -2.30. The van der Waals surface area contributed by atoms with Gasteiger partial charge in [-0.2, -0.15) is 0 Å². The molecule has 114 valence electrons. The SMILES string of the molecule is NCC(NC(=O)c1cccc(C(N)=O)c1)C1CCCCC1. The molecular weight excluding hydrogens is 266 g/mol. The fourth-order valence-corrected chi connectivity index (χ4v) is 2.97. The second kappa shape index (κ2) is 7.22. The summed E-state index contributed by atoms with van der Waals surface area (Å²) in [6.07, 6.45) is 5.90. The minimum atomic E-state index is -0.535. The van der Waals surface area contributed by atoms with Gasteiger partial charge in [-0.15, -0.1) is 0 Å². The first kappa shape index (κ1) is 15.5. The van der Waals surface area contributed by atoms with E-state index in [9.17, 15) is 9.59 Å². The third-order valence-electron chi connectivity index (χ3n) is 4.20. The lowest BCUT2D eigenvalue weighted by molar-refractivity contribution is 0.0915. The summed E-state index contributed by atoms with van der Waals surface area (Å²) in [4.78, 5) is 23.5. The maximum absolute atomic E-state index is 12.3. The van der Waals surface area contributed by atoms with Gasteiger partial charge in [-0.25, -0.2) is 0 Å². The Morgan fingerprint density at radius 1 is 1.19 bits per heavy atom. The van der Waals surface area contributed by atoms with Crippen molar-refractivity contribution in [2.75, 3.05) is 6.54 Å². The smallest absolute Gasteiger partial charge is 0.251 e. The zero-order valence-corrected chi connectivity index (χ0v) is 12.2. The van der Waals surface area contributed by atoms with Gasteiger partial charge >= 0.3 is 0 Å². The van der Waals surface area contributed by atoms with Crippen LogP contribution in [0.1, 0.15) is 52.8 Å². The van der Waals surface area contributed by atoms with Crippen LogP contribution in [-0.4, -0.2) is 24.4 Å². The molecule has 0 aromatic heterocycles. The van der Waals surface area contributed by atoms with E-state index in [0.29, 0.717) is 23.6 Å². The van der Waals surface area contributed by atoms with Crippen molar-refractivity contribution < 1.29 is 9.59 Å². The molecule has 5 nitrogen and oxygen atoms in total. The number of hydrogen-bond acceptors (Lipinski definition) is 3. The monoisotopic (exact) mass is 289 g/mol. The summed E-state index contributed by atoms with van der Waals surface area (Å²) < 4.78 is 0. The van der Waals surface area contributed by atoms with Crippen molar-refractivity contribution in [1.29, 1.82) is 0 Å².